The Morgan fingerprint density at radius 3 is 2.36 bits per heavy atom. The number of carboxylic acid groups (broad SMARTS) is 1. The molecule has 47 heavy (non-hydrogen) atoms. The molecule has 2 N–H and O–H groups in total. The molecule has 2 atom stereocenters. The number of carbonyl (C=O) groups is 1. The van der Waals surface area contributed by atoms with E-state index in [0.717, 1.165) is 29.7 Å². The van der Waals surface area contributed by atoms with Crippen molar-refractivity contribution in [1.29, 1.82) is 0 Å². The molecule has 0 bridgehead atoms. The highest BCUT2D eigenvalue weighted by Gasteiger charge is 2.45. The molecule has 10 nitrogen and oxygen atoms in total. The van der Waals surface area contributed by atoms with Crippen molar-refractivity contribution in [2.45, 2.75) is 88.9 Å². The SMILES string of the molecule is Cc1c(NS(=O)(=O)c2ccc3c(c2)C[NH+]([C@H](C)c2ccc(OCC4CC(F)(F)C4)nc2)CC3)noc1C(C)(C)C.O=C([O-])C(F)(F)F. The van der Waals surface area contributed by atoms with Gasteiger partial charge >= 0.3 is 6.18 Å². The van der Waals surface area contributed by atoms with E-state index in [1.54, 1.807) is 31.3 Å². The van der Waals surface area contributed by atoms with Crippen LogP contribution in [0.5, 0.6) is 5.88 Å². The molecule has 1 fully saturated rings. The number of halogens is 5. The van der Waals surface area contributed by atoms with Crippen LogP contribution in [0.1, 0.15) is 74.6 Å². The molecule has 0 radical (unpaired) electrons. The molecule has 0 saturated heterocycles. The first kappa shape index (κ1) is 36.1. The highest BCUT2D eigenvalue weighted by Crippen LogP contribution is 2.42. The third kappa shape index (κ3) is 8.97. The first-order valence-electron chi connectivity index (χ1n) is 14.9. The number of ether oxygens (including phenoxy) is 1. The minimum atomic E-state index is -5.19. The molecule has 258 valence electrons. The van der Waals surface area contributed by atoms with Crippen LogP contribution in [0, 0.1) is 12.8 Å². The molecule has 1 aliphatic carbocycles. The molecular formula is C31H37F5N4O6S. The van der Waals surface area contributed by atoms with Crippen LogP contribution in [0.4, 0.5) is 27.8 Å². The Morgan fingerprint density at radius 1 is 1.17 bits per heavy atom. The Morgan fingerprint density at radius 2 is 1.83 bits per heavy atom. The lowest BCUT2D eigenvalue weighted by Gasteiger charge is -2.34. The standard InChI is InChI=1S/C29H36F2N4O4S.C2HF3O2/c1-18-26(28(3,4)5)39-33-27(18)34-40(36,37)24-8-6-21-10-11-35(16-23(21)12-24)19(2)22-7-9-25(32-15-22)38-17-20-13-29(30,31)14-20;3-2(4,5)1(6)7/h6-9,12,15,19-20H,10-11,13-14,16-17H2,1-5H3,(H,33,34);(H,6,7)/t19-;/m1./s1. The molecule has 3 heterocycles. The second-order valence-electron chi connectivity index (χ2n) is 13.0. The summed E-state index contributed by atoms with van der Waals surface area (Å²) in [4.78, 5) is 14.7. The number of sulfonamides is 1. The van der Waals surface area contributed by atoms with Gasteiger partial charge in [-0.2, -0.15) is 13.2 Å². The largest absolute Gasteiger partial charge is 0.542 e. The Labute approximate surface area is 269 Å². The number of carbonyl (C=O) groups excluding carboxylic acids is 1. The minimum absolute atomic E-state index is 0.118. The molecule has 2 aliphatic rings. The smallest absolute Gasteiger partial charge is 0.430 e. The second-order valence-corrected chi connectivity index (χ2v) is 14.7. The highest BCUT2D eigenvalue weighted by molar-refractivity contribution is 7.92. The summed E-state index contributed by atoms with van der Waals surface area (Å²) in [6.45, 7) is 11.7. The quantitative estimate of drug-likeness (QED) is 0.340. The van der Waals surface area contributed by atoms with Gasteiger partial charge in [-0.15, -0.1) is 0 Å². The van der Waals surface area contributed by atoms with Crippen LogP contribution in [-0.4, -0.2) is 49.8 Å². The van der Waals surface area contributed by atoms with Crippen LogP contribution >= 0.6 is 0 Å². The van der Waals surface area contributed by atoms with Gasteiger partial charge in [-0.1, -0.05) is 32.0 Å². The number of rotatable bonds is 8. The van der Waals surface area contributed by atoms with Gasteiger partial charge in [0, 0.05) is 59.5 Å². The Balaban J connectivity index is 0.000000644. The molecule has 1 aromatic carbocycles. The van der Waals surface area contributed by atoms with E-state index in [1.165, 1.54) is 4.90 Å². The van der Waals surface area contributed by atoms with E-state index in [0.29, 0.717) is 23.7 Å². The maximum atomic E-state index is 13.3. The Kier molecular flexibility index (Phi) is 10.3. The number of fused-ring (bicyclic) bond motifs is 1. The Hall–Kier alpha value is -3.79. The summed E-state index contributed by atoms with van der Waals surface area (Å²) < 4.78 is 97.8. The average molecular weight is 689 g/mol. The summed E-state index contributed by atoms with van der Waals surface area (Å²) >= 11 is 0. The number of alkyl halides is 5. The third-order valence-electron chi connectivity index (χ3n) is 8.20. The van der Waals surface area contributed by atoms with Gasteiger partial charge in [0.25, 0.3) is 10.0 Å². The topological polar surface area (TPSA) is 139 Å². The monoisotopic (exact) mass is 688 g/mol. The molecule has 2 aromatic heterocycles. The van der Waals surface area contributed by atoms with Crippen LogP contribution in [0.25, 0.3) is 0 Å². The van der Waals surface area contributed by atoms with Gasteiger partial charge in [-0.25, -0.2) is 22.2 Å². The summed E-state index contributed by atoms with van der Waals surface area (Å²) in [6, 6.07) is 9.15. The highest BCUT2D eigenvalue weighted by atomic mass is 32.2. The van der Waals surface area contributed by atoms with Crippen molar-refractivity contribution in [2.24, 2.45) is 5.92 Å². The molecule has 0 spiro atoms. The molecule has 1 saturated carbocycles. The van der Waals surface area contributed by atoms with Crippen molar-refractivity contribution in [1.82, 2.24) is 10.1 Å². The van der Waals surface area contributed by atoms with Crippen molar-refractivity contribution in [3.63, 3.8) is 0 Å². The van der Waals surface area contributed by atoms with Gasteiger partial charge in [0.2, 0.25) is 11.8 Å². The fraction of sp³-hybridized carbons (Fsp3) is 0.516. The number of nitrogens with one attached hydrogen (secondary N) is 2. The molecule has 0 amide bonds. The lowest BCUT2D eigenvalue weighted by atomic mass is 9.82. The predicted octanol–water partition coefficient (Wildman–Crippen LogP) is 3.90. The summed E-state index contributed by atoms with van der Waals surface area (Å²) in [5.41, 5.74) is 3.55. The number of pyridine rings is 1. The predicted molar refractivity (Wildman–Crippen MR) is 157 cm³/mol. The van der Waals surface area contributed by atoms with Crippen LogP contribution in [0.2, 0.25) is 0 Å². The average Bonchev–Trinajstić information content (AvgIpc) is 3.33. The number of nitrogens with zero attached hydrogens (tertiary/aromatic N) is 2. The van der Waals surface area contributed by atoms with Crippen molar-refractivity contribution in [2.75, 3.05) is 17.9 Å². The number of carboxylic acids is 1. The van der Waals surface area contributed by atoms with E-state index < -0.39 is 28.1 Å². The number of hydrogen-bond donors (Lipinski definition) is 2. The lowest BCUT2D eigenvalue weighted by molar-refractivity contribution is -0.945. The normalized spacial score (nSPS) is 18.6. The maximum absolute atomic E-state index is 13.3. The summed E-state index contributed by atoms with van der Waals surface area (Å²) in [5, 5.41) is 12.8. The number of benzene rings is 1. The summed E-state index contributed by atoms with van der Waals surface area (Å²) in [7, 11) is -3.86. The van der Waals surface area contributed by atoms with Crippen LogP contribution in [0.15, 0.2) is 45.9 Å². The molecule has 1 unspecified atom stereocenters. The van der Waals surface area contributed by atoms with E-state index >= 15 is 0 Å². The van der Waals surface area contributed by atoms with Crippen LogP contribution in [0.3, 0.4) is 0 Å². The van der Waals surface area contributed by atoms with Crippen LogP contribution in [-0.2, 0) is 33.2 Å². The fourth-order valence-electron chi connectivity index (χ4n) is 5.57. The maximum Gasteiger partial charge on any atom is 0.430 e. The number of quaternary nitrogens is 1. The fourth-order valence-corrected chi connectivity index (χ4v) is 6.67. The van der Waals surface area contributed by atoms with Gasteiger partial charge in [0.1, 0.15) is 24.3 Å². The van der Waals surface area contributed by atoms with E-state index in [1.807, 2.05) is 32.9 Å². The van der Waals surface area contributed by atoms with E-state index in [2.05, 4.69) is 21.8 Å². The molecule has 1 aliphatic heterocycles. The summed E-state index contributed by atoms with van der Waals surface area (Å²) in [5.74, 6) is -4.41. The number of aromatic nitrogens is 2. The summed E-state index contributed by atoms with van der Waals surface area (Å²) in [6.07, 6.45) is -2.84. The number of anilines is 1. The van der Waals surface area contributed by atoms with Gasteiger partial charge in [0.05, 0.1) is 18.0 Å². The first-order valence-corrected chi connectivity index (χ1v) is 16.4. The molecular weight excluding hydrogens is 651 g/mol. The molecule has 3 aromatic rings. The van der Waals surface area contributed by atoms with Crippen molar-refractivity contribution >= 4 is 21.8 Å². The van der Waals surface area contributed by atoms with Gasteiger partial charge < -0.3 is 24.1 Å². The number of hydrogen-bond acceptors (Lipinski definition) is 8. The second kappa shape index (κ2) is 13.4. The molecule has 16 heteroatoms. The Bertz CT molecular complexity index is 1680. The van der Waals surface area contributed by atoms with Crippen LogP contribution < -0.4 is 19.5 Å². The third-order valence-corrected chi connectivity index (χ3v) is 9.54. The van der Waals surface area contributed by atoms with Gasteiger partial charge in [0.15, 0.2) is 5.82 Å². The van der Waals surface area contributed by atoms with Crippen molar-refractivity contribution < 1.29 is 54.4 Å². The zero-order chi connectivity index (χ0) is 34.9. The molecule has 5 rings (SSSR count). The van der Waals surface area contributed by atoms with Crippen molar-refractivity contribution in [3.8, 4) is 5.88 Å². The van der Waals surface area contributed by atoms with Gasteiger partial charge in [-0.05, 0) is 37.6 Å². The minimum Gasteiger partial charge on any atom is -0.542 e. The van der Waals surface area contributed by atoms with E-state index in [9.17, 15) is 30.4 Å². The zero-order valence-electron chi connectivity index (χ0n) is 26.5. The van der Waals surface area contributed by atoms with Gasteiger partial charge in [-0.3, -0.25) is 4.72 Å². The van der Waals surface area contributed by atoms with Crippen molar-refractivity contribution in [3.05, 3.63) is 64.5 Å². The van der Waals surface area contributed by atoms with E-state index in [-0.39, 0.29) is 47.5 Å². The van der Waals surface area contributed by atoms with E-state index in [4.69, 9.17) is 19.2 Å². The number of aliphatic carboxylic acids is 1. The zero-order valence-corrected chi connectivity index (χ0v) is 27.3. The lowest BCUT2D eigenvalue weighted by Crippen LogP contribution is -3.11. The first-order chi connectivity index (χ1) is 21.7.